The lowest BCUT2D eigenvalue weighted by Crippen LogP contribution is -2.50. The van der Waals surface area contributed by atoms with Gasteiger partial charge in [0, 0.05) is 12.6 Å². The fourth-order valence-corrected chi connectivity index (χ4v) is 3.40. The van der Waals surface area contributed by atoms with Crippen molar-refractivity contribution in [1.82, 2.24) is 4.90 Å². The fraction of sp³-hybridized carbons (Fsp3) is 0.929. The molecule has 1 heterocycles. The first-order valence-corrected chi connectivity index (χ1v) is 6.77. The average molecular weight is 220 g/mol. The number of likely N-dealkylation sites (tertiary alicyclic amines) is 1. The Morgan fingerprint density at radius 2 is 1.81 bits per heavy atom. The van der Waals surface area contributed by atoms with Crippen molar-refractivity contribution in [2.24, 2.45) is 11.3 Å². The van der Waals surface area contributed by atoms with Crippen LogP contribution in [0.4, 0.5) is 0 Å². The Kier molecular flexibility index (Phi) is 3.54. The van der Waals surface area contributed by atoms with Crippen LogP contribution in [0.3, 0.4) is 0 Å². The quantitative estimate of drug-likeness (QED) is 0.678. The van der Waals surface area contributed by atoms with Crippen LogP contribution in [0.15, 0.2) is 0 Å². The first-order valence-electron chi connectivity index (χ1n) is 6.77. The van der Waals surface area contributed by atoms with E-state index in [2.05, 4.69) is 24.8 Å². The number of nitrogens with zero attached hydrogens (tertiary/aromatic N) is 2. The summed E-state index contributed by atoms with van der Waals surface area (Å²) in [7, 11) is 0. The van der Waals surface area contributed by atoms with Gasteiger partial charge in [0.1, 0.15) is 0 Å². The lowest BCUT2D eigenvalue weighted by Gasteiger charge is -2.45. The lowest BCUT2D eigenvalue weighted by molar-refractivity contribution is 0.0370. The van der Waals surface area contributed by atoms with Crippen LogP contribution < -0.4 is 0 Å². The molecule has 0 amide bonds. The Labute approximate surface area is 99.6 Å². The molecule has 90 valence electrons. The molecular formula is C14H24N2. The Hall–Kier alpha value is -0.550. The molecule has 1 saturated carbocycles. The van der Waals surface area contributed by atoms with E-state index >= 15 is 0 Å². The highest BCUT2D eigenvalue weighted by atomic mass is 15.2. The summed E-state index contributed by atoms with van der Waals surface area (Å²) in [5, 5.41) is 9.15. The zero-order valence-corrected chi connectivity index (χ0v) is 10.7. The van der Waals surface area contributed by atoms with E-state index in [-0.39, 0.29) is 11.3 Å². The first-order chi connectivity index (χ1) is 7.63. The maximum Gasteiger partial charge on any atom is 0.0662 e. The number of hydrogen-bond donors (Lipinski definition) is 0. The smallest absolute Gasteiger partial charge is 0.0662 e. The summed E-state index contributed by atoms with van der Waals surface area (Å²) in [5.74, 6) is 0.257. The molecule has 1 aliphatic carbocycles. The van der Waals surface area contributed by atoms with E-state index < -0.39 is 0 Å². The molecular weight excluding hydrogens is 196 g/mol. The van der Waals surface area contributed by atoms with Gasteiger partial charge in [-0.25, -0.2) is 0 Å². The van der Waals surface area contributed by atoms with E-state index in [0.29, 0.717) is 0 Å². The third-order valence-electron chi connectivity index (χ3n) is 4.51. The minimum atomic E-state index is 0.185. The maximum atomic E-state index is 9.15. The second-order valence-corrected chi connectivity index (χ2v) is 6.22. The van der Waals surface area contributed by atoms with Crippen LogP contribution in [-0.4, -0.2) is 24.0 Å². The van der Waals surface area contributed by atoms with Gasteiger partial charge in [0.05, 0.1) is 12.0 Å². The average Bonchev–Trinajstić information content (AvgIpc) is 2.29. The number of hydrogen-bond acceptors (Lipinski definition) is 2. The summed E-state index contributed by atoms with van der Waals surface area (Å²) in [6, 6.07) is 3.30. The van der Waals surface area contributed by atoms with Crippen LogP contribution in [0.25, 0.3) is 0 Å². The summed E-state index contributed by atoms with van der Waals surface area (Å²) in [4.78, 5) is 2.66. The highest BCUT2D eigenvalue weighted by Gasteiger charge is 2.38. The van der Waals surface area contributed by atoms with Gasteiger partial charge in [-0.1, -0.05) is 33.1 Å². The van der Waals surface area contributed by atoms with Gasteiger partial charge in [0.15, 0.2) is 0 Å². The molecule has 1 saturated heterocycles. The highest BCUT2D eigenvalue weighted by molar-refractivity contribution is 4.99. The van der Waals surface area contributed by atoms with Crippen LogP contribution in [0.5, 0.6) is 0 Å². The SMILES string of the molecule is CC1(C)CN(C2CCCCC2)CCC1C#N. The predicted octanol–water partition coefficient (Wildman–Crippen LogP) is 3.19. The maximum absolute atomic E-state index is 9.15. The molecule has 0 bridgehead atoms. The minimum absolute atomic E-state index is 0.185. The summed E-state index contributed by atoms with van der Waals surface area (Å²) in [6.07, 6.45) is 8.07. The zero-order chi connectivity index (χ0) is 11.6. The normalized spacial score (nSPS) is 32.2. The van der Waals surface area contributed by atoms with Gasteiger partial charge < -0.3 is 0 Å². The Morgan fingerprint density at radius 3 is 2.38 bits per heavy atom. The van der Waals surface area contributed by atoms with E-state index in [4.69, 9.17) is 5.26 Å². The fourth-order valence-electron chi connectivity index (χ4n) is 3.40. The van der Waals surface area contributed by atoms with E-state index in [0.717, 1.165) is 25.6 Å². The van der Waals surface area contributed by atoms with Gasteiger partial charge in [-0.15, -0.1) is 0 Å². The zero-order valence-electron chi connectivity index (χ0n) is 10.7. The molecule has 0 aromatic heterocycles. The molecule has 0 spiro atoms. The van der Waals surface area contributed by atoms with Crippen molar-refractivity contribution in [1.29, 1.82) is 5.26 Å². The van der Waals surface area contributed by atoms with Gasteiger partial charge in [-0.2, -0.15) is 5.26 Å². The van der Waals surface area contributed by atoms with Crippen molar-refractivity contribution < 1.29 is 0 Å². The Balaban J connectivity index is 1.96. The minimum Gasteiger partial charge on any atom is -0.300 e. The molecule has 2 aliphatic rings. The summed E-state index contributed by atoms with van der Waals surface area (Å²) in [5.41, 5.74) is 0.185. The number of piperidine rings is 1. The van der Waals surface area contributed by atoms with Crippen molar-refractivity contribution in [2.75, 3.05) is 13.1 Å². The largest absolute Gasteiger partial charge is 0.300 e. The molecule has 1 aliphatic heterocycles. The van der Waals surface area contributed by atoms with E-state index in [9.17, 15) is 0 Å². The lowest BCUT2D eigenvalue weighted by atomic mass is 9.74. The van der Waals surface area contributed by atoms with Crippen molar-refractivity contribution in [3.63, 3.8) is 0 Å². The Morgan fingerprint density at radius 1 is 1.12 bits per heavy atom. The second-order valence-electron chi connectivity index (χ2n) is 6.22. The topological polar surface area (TPSA) is 27.0 Å². The van der Waals surface area contributed by atoms with Crippen molar-refractivity contribution in [3.05, 3.63) is 0 Å². The van der Waals surface area contributed by atoms with E-state index in [1.165, 1.54) is 32.1 Å². The standard InChI is InChI=1S/C14H24N2/c1-14(2)11-16(9-8-12(14)10-15)13-6-4-3-5-7-13/h12-13H,3-9,11H2,1-2H3. The third-order valence-corrected chi connectivity index (χ3v) is 4.51. The van der Waals surface area contributed by atoms with Crippen molar-refractivity contribution in [3.8, 4) is 6.07 Å². The molecule has 0 aromatic rings. The molecule has 2 heteroatoms. The molecule has 2 rings (SSSR count). The van der Waals surface area contributed by atoms with Crippen LogP contribution in [0.1, 0.15) is 52.4 Å². The van der Waals surface area contributed by atoms with Gasteiger partial charge in [0.2, 0.25) is 0 Å². The molecule has 1 unspecified atom stereocenters. The van der Waals surface area contributed by atoms with Gasteiger partial charge in [-0.3, -0.25) is 4.90 Å². The molecule has 2 fully saturated rings. The molecule has 2 nitrogen and oxygen atoms in total. The highest BCUT2D eigenvalue weighted by Crippen LogP contribution is 2.37. The number of nitriles is 1. The van der Waals surface area contributed by atoms with Crippen LogP contribution >= 0.6 is 0 Å². The molecule has 0 aromatic carbocycles. The molecule has 0 N–H and O–H groups in total. The van der Waals surface area contributed by atoms with Crippen molar-refractivity contribution in [2.45, 2.75) is 58.4 Å². The monoisotopic (exact) mass is 220 g/mol. The molecule has 16 heavy (non-hydrogen) atoms. The summed E-state index contributed by atoms with van der Waals surface area (Å²) >= 11 is 0. The first kappa shape index (κ1) is 11.9. The predicted molar refractivity (Wildman–Crippen MR) is 65.9 cm³/mol. The summed E-state index contributed by atoms with van der Waals surface area (Å²) in [6.45, 7) is 6.79. The number of rotatable bonds is 1. The van der Waals surface area contributed by atoms with Crippen LogP contribution in [0, 0.1) is 22.7 Å². The summed E-state index contributed by atoms with van der Waals surface area (Å²) < 4.78 is 0. The van der Waals surface area contributed by atoms with E-state index in [1.807, 2.05) is 0 Å². The van der Waals surface area contributed by atoms with Gasteiger partial charge >= 0.3 is 0 Å². The van der Waals surface area contributed by atoms with Gasteiger partial charge in [0.25, 0.3) is 0 Å². The third kappa shape index (κ3) is 2.40. The second kappa shape index (κ2) is 4.75. The van der Waals surface area contributed by atoms with Crippen LogP contribution in [-0.2, 0) is 0 Å². The molecule has 0 radical (unpaired) electrons. The van der Waals surface area contributed by atoms with Gasteiger partial charge in [-0.05, 0) is 31.2 Å². The van der Waals surface area contributed by atoms with E-state index in [1.54, 1.807) is 0 Å². The van der Waals surface area contributed by atoms with Crippen molar-refractivity contribution >= 4 is 0 Å². The van der Waals surface area contributed by atoms with Crippen LogP contribution in [0.2, 0.25) is 0 Å². The Bertz CT molecular complexity index is 271. The molecule has 1 atom stereocenters.